The van der Waals surface area contributed by atoms with Crippen LogP contribution in [0.1, 0.15) is 29.3 Å². The molecule has 3 aromatic rings. The largest absolute Gasteiger partial charge is 0.497 e. The van der Waals surface area contributed by atoms with E-state index in [9.17, 15) is 9.59 Å². The molecule has 23 heavy (non-hydrogen) atoms. The van der Waals surface area contributed by atoms with Gasteiger partial charge in [0.15, 0.2) is 0 Å². The Balaban J connectivity index is 2.48. The van der Waals surface area contributed by atoms with Crippen molar-refractivity contribution in [1.29, 1.82) is 0 Å². The van der Waals surface area contributed by atoms with Crippen molar-refractivity contribution in [2.75, 3.05) is 7.11 Å². The van der Waals surface area contributed by atoms with Crippen molar-refractivity contribution >= 4 is 22.4 Å². The Bertz CT molecular complexity index is 976. The summed E-state index contributed by atoms with van der Waals surface area (Å²) in [5, 5.41) is 10.9. The highest BCUT2D eigenvalue weighted by Gasteiger charge is 2.15. The number of pyridine rings is 1. The molecular formula is C17H16N2O4. The summed E-state index contributed by atoms with van der Waals surface area (Å²) in [7, 11) is 1.57. The summed E-state index contributed by atoms with van der Waals surface area (Å²) in [4.78, 5) is 27.8. The molecule has 0 bridgehead atoms. The third-order valence-electron chi connectivity index (χ3n) is 3.84. The number of carboxylic acid groups (broad SMARTS) is 1. The molecule has 0 spiro atoms. The van der Waals surface area contributed by atoms with Crippen molar-refractivity contribution < 1.29 is 14.6 Å². The number of rotatable bonds is 4. The van der Waals surface area contributed by atoms with Crippen LogP contribution in [-0.4, -0.2) is 27.6 Å². The van der Waals surface area contributed by atoms with Crippen molar-refractivity contribution in [3.8, 4) is 5.75 Å². The first kappa shape index (κ1) is 15.0. The molecule has 0 saturated carbocycles. The highest BCUT2D eigenvalue weighted by Crippen LogP contribution is 2.27. The van der Waals surface area contributed by atoms with Crippen molar-refractivity contribution in [1.82, 2.24) is 9.38 Å². The molecule has 118 valence electrons. The number of fused-ring (bicyclic) bond motifs is 3. The van der Waals surface area contributed by atoms with Crippen LogP contribution in [0.2, 0.25) is 0 Å². The Morgan fingerprint density at radius 2 is 2.13 bits per heavy atom. The van der Waals surface area contributed by atoms with Gasteiger partial charge in [0.1, 0.15) is 17.0 Å². The minimum atomic E-state index is -1.28. The molecule has 2 heterocycles. The summed E-state index contributed by atoms with van der Waals surface area (Å²) in [6.45, 7) is 2.05. The Kier molecular flexibility index (Phi) is 3.73. The van der Waals surface area contributed by atoms with Gasteiger partial charge in [0.05, 0.1) is 7.11 Å². The van der Waals surface area contributed by atoms with Crippen molar-refractivity contribution in [2.24, 2.45) is 0 Å². The smallest absolute Gasteiger partial charge is 0.342 e. The van der Waals surface area contributed by atoms with Gasteiger partial charge in [-0.25, -0.2) is 9.78 Å². The molecule has 0 aliphatic heterocycles. The molecule has 1 aromatic carbocycles. The van der Waals surface area contributed by atoms with Crippen LogP contribution in [0.3, 0.4) is 0 Å². The van der Waals surface area contributed by atoms with Crippen LogP contribution < -0.4 is 10.3 Å². The number of carbonyl (C=O) groups is 1. The quantitative estimate of drug-likeness (QED) is 0.749. The van der Waals surface area contributed by atoms with Gasteiger partial charge in [-0.1, -0.05) is 19.4 Å². The van der Waals surface area contributed by atoms with E-state index in [1.54, 1.807) is 13.3 Å². The van der Waals surface area contributed by atoms with Crippen molar-refractivity contribution in [3.63, 3.8) is 0 Å². The molecule has 0 atom stereocenters. The fourth-order valence-electron chi connectivity index (χ4n) is 2.74. The van der Waals surface area contributed by atoms with Gasteiger partial charge in [-0.05, 0) is 29.5 Å². The third-order valence-corrected chi connectivity index (χ3v) is 3.84. The van der Waals surface area contributed by atoms with E-state index in [0.717, 1.165) is 35.4 Å². The standard InChI is InChI=1S/C17H16N2O4/c1-3-4-10-9-19-15(18-8-14(16(19)20)17(21)22)13-7-11(23-2)5-6-12(10)13/h5-9H,3-4H2,1-2H3,(H,21,22). The van der Waals surface area contributed by atoms with Crippen LogP contribution in [-0.2, 0) is 6.42 Å². The van der Waals surface area contributed by atoms with Crippen LogP contribution >= 0.6 is 0 Å². The second-order valence-electron chi connectivity index (χ2n) is 5.29. The zero-order chi connectivity index (χ0) is 16.6. The molecule has 0 radical (unpaired) electrons. The average molecular weight is 312 g/mol. The van der Waals surface area contributed by atoms with Gasteiger partial charge in [0.25, 0.3) is 5.56 Å². The monoisotopic (exact) mass is 312 g/mol. The van der Waals surface area contributed by atoms with E-state index >= 15 is 0 Å². The van der Waals surface area contributed by atoms with Crippen LogP contribution in [0.4, 0.5) is 0 Å². The van der Waals surface area contributed by atoms with Gasteiger partial charge >= 0.3 is 5.97 Å². The first-order valence-corrected chi connectivity index (χ1v) is 7.31. The zero-order valence-corrected chi connectivity index (χ0v) is 12.9. The summed E-state index contributed by atoms with van der Waals surface area (Å²) in [6, 6.07) is 5.62. The lowest BCUT2D eigenvalue weighted by Crippen LogP contribution is -2.23. The van der Waals surface area contributed by atoms with E-state index < -0.39 is 11.5 Å². The van der Waals surface area contributed by atoms with Crippen LogP contribution in [0.5, 0.6) is 5.75 Å². The van der Waals surface area contributed by atoms with E-state index in [2.05, 4.69) is 4.98 Å². The Hall–Kier alpha value is -2.89. The lowest BCUT2D eigenvalue weighted by molar-refractivity contribution is 0.0694. The highest BCUT2D eigenvalue weighted by atomic mass is 16.5. The van der Waals surface area contributed by atoms with Crippen LogP contribution in [0, 0.1) is 0 Å². The van der Waals surface area contributed by atoms with Crippen LogP contribution in [0.15, 0.2) is 35.4 Å². The number of benzene rings is 1. The number of carboxylic acids is 1. The summed E-state index contributed by atoms with van der Waals surface area (Å²) >= 11 is 0. The number of methoxy groups -OCH3 is 1. The van der Waals surface area contributed by atoms with E-state index in [1.165, 1.54) is 4.40 Å². The molecule has 0 fully saturated rings. The minimum absolute atomic E-state index is 0.341. The maximum absolute atomic E-state index is 12.4. The maximum Gasteiger partial charge on any atom is 0.342 e. The summed E-state index contributed by atoms with van der Waals surface area (Å²) in [6.07, 6.45) is 4.49. The lowest BCUT2D eigenvalue weighted by Gasteiger charge is -2.12. The Morgan fingerprint density at radius 1 is 1.35 bits per heavy atom. The molecule has 3 rings (SSSR count). The van der Waals surface area contributed by atoms with E-state index in [4.69, 9.17) is 9.84 Å². The molecule has 1 N–H and O–H groups in total. The highest BCUT2D eigenvalue weighted by molar-refractivity contribution is 5.97. The fraction of sp³-hybridized carbons (Fsp3) is 0.235. The number of hydrogen-bond donors (Lipinski definition) is 1. The lowest BCUT2D eigenvalue weighted by atomic mass is 10.0. The first-order valence-electron chi connectivity index (χ1n) is 7.31. The SMILES string of the molecule is CCCc1cn2c(=O)c(C(=O)O)cnc2c2cc(OC)ccc12. The Labute approximate surface area is 132 Å². The van der Waals surface area contributed by atoms with Gasteiger partial charge in [-0.15, -0.1) is 0 Å². The summed E-state index contributed by atoms with van der Waals surface area (Å²) in [5.74, 6) is -0.621. The summed E-state index contributed by atoms with van der Waals surface area (Å²) < 4.78 is 6.57. The third kappa shape index (κ3) is 2.42. The van der Waals surface area contributed by atoms with Gasteiger partial charge < -0.3 is 9.84 Å². The van der Waals surface area contributed by atoms with E-state index in [1.807, 2.05) is 25.1 Å². The second-order valence-corrected chi connectivity index (χ2v) is 5.29. The van der Waals surface area contributed by atoms with Crippen molar-refractivity contribution in [3.05, 3.63) is 52.1 Å². The molecule has 0 amide bonds. The Morgan fingerprint density at radius 3 is 2.78 bits per heavy atom. The number of aromatic nitrogens is 2. The van der Waals surface area contributed by atoms with E-state index in [-0.39, 0.29) is 5.56 Å². The predicted molar refractivity (Wildman–Crippen MR) is 86.5 cm³/mol. The number of aromatic carboxylic acids is 1. The molecule has 6 nitrogen and oxygen atoms in total. The van der Waals surface area contributed by atoms with Crippen molar-refractivity contribution in [2.45, 2.75) is 19.8 Å². The maximum atomic E-state index is 12.4. The minimum Gasteiger partial charge on any atom is -0.497 e. The molecule has 0 aliphatic carbocycles. The molecule has 2 aromatic heterocycles. The normalized spacial score (nSPS) is 11.0. The number of ether oxygens (including phenoxy) is 1. The second kappa shape index (κ2) is 5.72. The van der Waals surface area contributed by atoms with Gasteiger partial charge in [0, 0.05) is 17.8 Å². The van der Waals surface area contributed by atoms with Gasteiger partial charge in [-0.3, -0.25) is 9.20 Å². The topological polar surface area (TPSA) is 80.9 Å². The molecular weight excluding hydrogens is 296 g/mol. The molecule has 0 saturated heterocycles. The van der Waals surface area contributed by atoms with Crippen LogP contribution in [0.25, 0.3) is 16.4 Å². The predicted octanol–water partition coefficient (Wildman–Crippen LogP) is 2.51. The first-order chi connectivity index (χ1) is 11.1. The number of nitrogens with zero attached hydrogens (tertiary/aromatic N) is 2. The molecule has 6 heteroatoms. The number of aryl methyl sites for hydroxylation is 1. The number of hydrogen-bond acceptors (Lipinski definition) is 4. The molecule has 0 aliphatic rings. The van der Waals surface area contributed by atoms with Gasteiger partial charge in [-0.2, -0.15) is 0 Å². The zero-order valence-electron chi connectivity index (χ0n) is 12.9. The van der Waals surface area contributed by atoms with Gasteiger partial charge in [0.2, 0.25) is 0 Å². The average Bonchev–Trinajstić information content (AvgIpc) is 2.55. The molecule has 0 unspecified atom stereocenters. The fourth-order valence-corrected chi connectivity index (χ4v) is 2.74. The summed E-state index contributed by atoms with van der Waals surface area (Å²) in [5.41, 5.74) is 0.481. The van der Waals surface area contributed by atoms with E-state index in [0.29, 0.717) is 11.4 Å².